The molecule has 1 aromatic carbocycles. The molecule has 1 aromatic rings. The first-order valence-electron chi connectivity index (χ1n) is 4.84. The second kappa shape index (κ2) is 5.81. The van der Waals surface area contributed by atoms with Crippen LogP contribution in [0.3, 0.4) is 0 Å². The molecule has 1 rings (SSSR count). The molecule has 0 saturated heterocycles. The van der Waals surface area contributed by atoms with Crippen molar-refractivity contribution < 1.29 is 13.7 Å². The number of halogens is 2. The Morgan fingerprint density at radius 3 is 2.41 bits per heavy atom. The van der Waals surface area contributed by atoms with E-state index in [0.29, 0.717) is 17.9 Å². The number of non-ortho nitro benzene ring substituents is 1. The molecule has 0 aromatic heterocycles. The van der Waals surface area contributed by atoms with Gasteiger partial charge in [0.25, 0.3) is 5.69 Å². The number of nitrogens with zero attached hydrogens (tertiary/aromatic N) is 1. The summed E-state index contributed by atoms with van der Waals surface area (Å²) in [6, 6.07) is 1.28. The first kappa shape index (κ1) is 13.7. The molecule has 17 heavy (non-hydrogen) atoms. The monoisotopic (exact) mass is 262 g/mol. The Morgan fingerprint density at radius 1 is 1.47 bits per heavy atom. The topological polar surface area (TPSA) is 55.2 Å². The normalized spacial score (nSPS) is 12.2. The maximum atomic E-state index is 13.5. The standard InChI is InChI=1S/C10H12F2N2O2S/c1-6(5-17-2)13-10-8(11)3-7(14(15)16)4-9(10)12/h3-4,6,13H,5H2,1-2H3. The van der Waals surface area contributed by atoms with Gasteiger partial charge in [0.15, 0.2) is 11.6 Å². The Balaban J connectivity index is 2.97. The fraction of sp³-hybridized carbons (Fsp3) is 0.400. The molecule has 0 radical (unpaired) electrons. The summed E-state index contributed by atoms with van der Waals surface area (Å²) in [6.07, 6.45) is 1.88. The summed E-state index contributed by atoms with van der Waals surface area (Å²) < 4.78 is 26.9. The molecule has 0 saturated carbocycles. The highest BCUT2D eigenvalue weighted by molar-refractivity contribution is 7.98. The van der Waals surface area contributed by atoms with Gasteiger partial charge in [-0.25, -0.2) is 8.78 Å². The quantitative estimate of drug-likeness (QED) is 0.654. The van der Waals surface area contributed by atoms with Crippen LogP contribution in [0, 0.1) is 21.7 Å². The van der Waals surface area contributed by atoms with Gasteiger partial charge in [0, 0.05) is 11.8 Å². The molecule has 0 aliphatic heterocycles. The number of thioether (sulfide) groups is 1. The average molecular weight is 262 g/mol. The van der Waals surface area contributed by atoms with E-state index >= 15 is 0 Å². The predicted octanol–water partition coefficient (Wildman–Crippen LogP) is 3.04. The van der Waals surface area contributed by atoms with Crippen LogP contribution in [0.2, 0.25) is 0 Å². The van der Waals surface area contributed by atoms with E-state index in [1.807, 2.05) is 6.26 Å². The first-order chi connectivity index (χ1) is 7.95. The molecule has 7 heteroatoms. The molecule has 0 bridgehead atoms. The third-order valence-electron chi connectivity index (χ3n) is 2.05. The van der Waals surface area contributed by atoms with Gasteiger partial charge in [-0.2, -0.15) is 11.8 Å². The Bertz CT molecular complexity index is 406. The molecule has 0 heterocycles. The van der Waals surface area contributed by atoms with Crippen molar-refractivity contribution in [2.75, 3.05) is 17.3 Å². The number of nitro benzene ring substituents is 1. The number of anilines is 1. The highest BCUT2D eigenvalue weighted by Gasteiger charge is 2.18. The molecule has 1 unspecified atom stereocenters. The number of hydrogen-bond acceptors (Lipinski definition) is 4. The van der Waals surface area contributed by atoms with Crippen LogP contribution < -0.4 is 5.32 Å². The van der Waals surface area contributed by atoms with Crippen LogP contribution in [0.15, 0.2) is 12.1 Å². The van der Waals surface area contributed by atoms with E-state index in [1.54, 1.807) is 6.92 Å². The largest absolute Gasteiger partial charge is 0.377 e. The molecule has 0 aliphatic carbocycles. The van der Waals surface area contributed by atoms with Crippen molar-refractivity contribution in [3.63, 3.8) is 0 Å². The predicted molar refractivity (Wildman–Crippen MR) is 64.5 cm³/mol. The molecule has 0 spiro atoms. The molecule has 4 nitrogen and oxygen atoms in total. The highest BCUT2D eigenvalue weighted by Crippen LogP contribution is 2.25. The van der Waals surface area contributed by atoms with Gasteiger partial charge in [0.05, 0.1) is 17.1 Å². The van der Waals surface area contributed by atoms with Gasteiger partial charge < -0.3 is 5.32 Å². The molecule has 0 amide bonds. The van der Waals surface area contributed by atoms with Crippen molar-refractivity contribution in [3.8, 4) is 0 Å². The van der Waals surface area contributed by atoms with Gasteiger partial charge in [0.1, 0.15) is 5.69 Å². The smallest absolute Gasteiger partial charge is 0.275 e. The lowest BCUT2D eigenvalue weighted by Crippen LogP contribution is -2.19. The van der Waals surface area contributed by atoms with Gasteiger partial charge in [-0.05, 0) is 13.2 Å². The molecule has 1 atom stereocenters. The highest BCUT2D eigenvalue weighted by atomic mass is 32.2. The first-order valence-corrected chi connectivity index (χ1v) is 6.24. The zero-order valence-corrected chi connectivity index (χ0v) is 10.2. The Labute approximate surface area is 102 Å². The zero-order valence-electron chi connectivity index (χ0n) is 9.37. The minimum atomic E-state index is -0.954. The molecule has 0 aliphatic rings. The number of benzene rings is 1. The summed E-state index contributed by atoms with van der Waals surface area (Å²) in [5.41, 5.74) is -0.916. The van der Waals surface area contributed by atoms with E-state index < -0.39 is 22.2 Å². The van der Waals surface area contributed by atoms with Crippen LogP contribution in [0.5, 0.6) is 0 Å². The van der Waals surface area contributed by atoms with Gasteiger partial charge >= 0.3 is 0 Å². The number of nitro groups is 1. The fourth-order valence-corrected chi connectivity index (χ4v) is 1.92. The third-order valence-corrected chi connectivity index (χ3v) is 2.88. The van der Waals surface area contributed by atoms with Crippen molar-refractivity contribution in [1.29, 1.82) is 0 Å². The maximum Gasteiger partial charge on any atom is 0.275 e. The van der Waals surface area contributed by atoms with Crippen molar-refractivity contribution in [1.82, 2.24) is 0 Å². The van der Waals surface area contributed by atoms with Gasteiger partial charge in [0.2, 0.25) is 0 Å². The fourth-order valence-electron chi connectivity index (χ4n) is 1.34. The summed E-state index contributed by atoms with van der Waals surface area (Å²) in [6.45, 7) is 1.77. The van der Waals surface area contributed by atoms with E-state index in [2.05, 4.69) is 5.32 Å². The lowest BCUT2D eigenvalue weighted by Gasteiger charge is -2.15. The second-order valence-electron chi connectivity index (χ2n) is 3.54. The molecular weight excluding hydrogens is 250 g/mol. The lowest BCUT2D eigenvalue weighted by molar-refractivity contribution is -0.385. The van der Waals surface area contributed by atoms with Crippen molar-refractivity contribution in [3.05, 3.63) is 33.9 Å². The molecule has 0 fully saturated rings. The molecule has 1 N–H and O–H groups in total. The van der Waals surface area contributed by atoms with Crippen molar-refractivity contribution in [2.24, 2.45) is 0 Å². The summed E-state index contributed by atoms with van der Waals surface area (Å²) in [4.78, 5) is 9.56. The summed E-state index contributed by atoms with van der Waals surface area (Å²) >= 11 is 1.53. The zero-order chi connectivity index (χ0) is 13.0. The summed E-state index contributed by atoms with van der Waals surface area (Å²) in [7, 11) is 0. The Kier molecular flexibility index (Phi) is 4.68. The van der Waals surface area contributed by atoms with E-state index in [-0.39, 0.29) is 11.7 Å². The number of nitrogens with one attached hydrogen (secondary N) is 1. The van der Waals surface area contributed by atoms with Crippen molar-refractivity contribution in [2.45, 2.75) is 13.0 Å². The second-order valence-corrected chi connectivity index (χ2v) is 4.45. The lowest BCUT2D eigenvalue weighted by atomic mass is 10.2. The van der Waals surface area contributed by atoms with Crippen LogP contribution in [0.1, 0.15) is 6.92 Å². The van der Waals surface area contributed by atoms with Gasteiger partial charge in [-0.1, -0.05) is 0 Å². The molecule has 94 valence electrons. The van der Waals surface area contributed by atoms with E-state index in [9.17, 15) is 18.9 Å². The van der Waals surface area contributed by atoms with Crippen LogP contribution in [-0.4, -0.2) is 23.0 Å². The van der Waals surface area contributed by atoms with Crippen molar-refractivity contribution >= 4 is 23.1 Å². The average Bonchev–Trinajstić information content (AvgIpc) is 2.23. The summed E-state index contributed by atoms with van der Waals surface area (Å²) in [5.74, 6) is -1.23. The molecular formula is C10H12F2N2O2S. The summed E-state index contributed by atoms with van der Waals surface area (Å²) in [5, 5.41) is 13.0. The SMILES string of the molecule is CSCC(C)Nc1c(F)cc([N+](=O)[O-])cc1F. The Morgan fingerprint density at radius 2 is 2.00 bits per heavy atom. The third kappa shape index (κ3) is 3.55. The van der Waals surface area contributed by atoms with Gasteiger partial charge in [-0.3, -0.25) is 10.1 Å². The van der Waals surface area contributed by atoms with Crippen LogP contribution in [-0.2, 0) is 0 Å². The Hall–Kier alpha value is -1.37. The van der Waals surface area contributed by atoms with E-state index in [1.165, 1.54) is 11.8 Å². The maximum absolute atomic E-state index is 13.5. The van der Waals surface area contributed by atoms with E-state index in [0.717, 1.165) is 0 Å². The van der Waals surface area contributed by atoms with E-state index in [4.69, 9.17) is 0 Å². The van der Waals surface area contributed by atoms with Crippen LogP contribution in [0.4, 0.5) is 20.2 Å². The minimum absolute atomic E-state index is 0.129. The van der Waals surface area contributed by atoms with Crippen LogP contribution in [0.25, 0.3) is 0 Å². The number of rotatable bonds is 5. The minimum Gasteiger partial charge on any atom is -0.377 e. The van der Waals surface area contributed by atoms with Crippen LogP contribution >= 0.6 is 11.8 Å². The number of hydrogen-bond donors (Lipinski definition) is 1. The van der Waals surface area contributed by atoms with Gasteiger partial charge in [-0.15, -0.1) is 0 Å².